The van der Waals surface area contributed by atoms with Crippen molar-refractivity contribution in [2.24, 2.45) is 0 Å². The van der Waals surface area contributed by atoms with Crippen molar-refractivity contribution >= 4 is 27.3 Å². The minimum Gasteiger partial charge on any atom is -0.495 e. The van der Waals surface area contributed by atoms with Gasteiger partial charge in [-0.05, 0) is 36.4 Å². The van der Waals surface area contributed by atoms with Gasteiger partial charge >= 0.3 is 12.4 Å². The predicted octanol–water partition coefficient (Wildman–Crippen LogP) is 5.19. The maximum absolute atomic E-state index is 12.9. The Kier molecular flexibility index (Phi) is 5.58. The lowest BCUT2D eigenvalue weighted by Gasteiger charge is -2.15. The highest BCUT2D eigenvalue weighted by molar-refractivity contribution is 7.92. The van der Waals surface area contributed by atoms with Crippen LogP contribution < -0.4 is 9.46 Å². The molecule has 0 aliphatic rings. The molecule has 2 aromatic carbocycles. The van der Waals surface area contributed by atoms with Gasteiger partial charge in [-0.2, -0.15) is 26.3 Å². The summed E-state index contributed by atoms with van der Waals surface area (Å²) in [5, 5.41) is -0.111. The van der Waals surface area contributed by atoms with E-state index in [2.05, 4.69) is 0 Å². The van der Waals surface area contributed by atoms with Gasteiger partial charge in [0.05, 0.1) is 33.8 Å². The SMILES string of the molecule is COc1ccc(S(=O)(=O)Nc2cc(C(F)(F)F)cc(C(F)(F)F)c2)cc1Cl. The molecule has 0 aromatic heterocycles. The maximum atomic E-state index is 12.9. The van der Waals surface area contributed by atoms with Gasteiger partial charge in [0.15, 0.2) is 0 Å². The zero-order valence-electron chi connectivity index (χ0n) is 13.2. The predicted molar refractivity (Wildman–Crippen MR) is 85.3 cm³/mol. The Morgan fingerprint density at radius 3 is 1.85 bits per heavy atom. The molecule has 0 unspecified atom stereocenters. The van der Waals surface area contributed by atoms with E-state index >= 15 is 0 Å². The van der Waals surface area contributed by atoms with Crippen LogP contribution >= 0.6 is 11.6 Å². The zero-order valence-corrected chi connectivity index (χ0v) is 14.8. The lowest BCUT2D eigenvalue weighted by Crippen LogP contribution is -2.16. The van der Waals surface area contributed by atoms with Crippen LogP contribution in [0, 0.1) is 0 Å². The summed E-state index contributed by atoms with van der Waals surface area (Å²) in [5.41, 5.74) is -4.20. The van der Waals surface area contributed by atoms with Crippen molar-refractivity contribution in [3.05, 3.63) is 52.5 Å². The van der Waals surface area contributed by atoms with Gasteiger partial charge in [-0.1, -0.05) is 11.6 Å². The Morgan fingerprint density at radius 2 is 1.44 bits per heavy atom. The van der Waals surface area contributed by atoms with Crippen LogP contribution in [0.5, 0.6) is 5.75 Å². The summed E-state index contributed by atoms with van der Waals surface area (Å²) >= 11 is 5.79. The Balaban J connectivity index is 2.50. The molecule has 1 N–H and O–H groups in total. The van der Waals surface area contributed by atoms with Gasteiger partial charge < -0.3 is 4.74 Å². The van der Waals surface area contributed by atoms with Crippen LogP contribution in [0.4, 0.5) is 32.0 Å². The van der Waals surface area contributed by atoms with Crippen molar-refractivity contribution in [2.75, 3.05) is 11.8 Å². The van der Waals surface area contributed by atoms with E-state index in [9.17, 15) is 34.8 Å². The first kappa shape index (κ1) is 21.2. The molecule has 0 atom stereocenters. The lowest BCUT2D eigenvalue weighted by molar-refractivity contribution is -0.143. The molecule has 12 heteroatoms. The summed E-state index contributed by atoms with van der Waals surface area (Å²) in [7, 11) is -3.24. The first-order valence-electron chi connectivity index (χ1n) is 6.90. The van der Waals surface area contributed by atoms with Gasteiger partial charge in [0, 0.05) is 0 Å². The van der Waals surface area contributed by atoms with E-state index in [0.717, 1.165) is 12.1 Å². The molecule has 0 radical (unpaired) electrons. The van der Waals surface area contributed by atoms with Crippen molar-refractivity contribution in [1.29, 1.82) is 0 Å². The van der Waals surface area contributed by atoms with E-state index < -0.39 is 44.1 Å². The third-order valence-corrected chi connectivity index (χ3v) is 4.95. The Hall–Kier alpha value is -2.14. The zero-order chi connectivity index (χ0) is 20.6. The van der Waals surface area contributed by atoms with Gasteiger partial charge in [-0.25, -0.2) is 8.42 Å². The molecule has 0 spiro atoms. The number of alkyl halides is 6. The molecule has 0 aliphatic carbocycles. The summed E-state index contributed by atoms with van der Waals surface area (Å²) in [6.45, 7) is 0. The maximum Gasteiger partial charge on any atom is 0.416 e. The second kappa shape index (κ2) is 7.12. The van der Waals surface area contributed by atoms with Crippen LogP contribution in [0.15, 0.2) is 41.3 Å². The summed E-state index contributed by atoms with van der Waals surface area (Å²) in [5.74, 6) is 0.133. The van der Waals surface area contributed by atoms with Crippen LogP contribution in [0.1, 0.15) is 11.1 Å². The molecule has 4 nitrogen and oxygen atoms in total. The molecule has 0 heterocycles. The highest BCUT2D eigenvalue weighted by Gasteiger charge is 2.37. The van der Waals surface area contributed by atoms with E-state index in [1.165, 1.54) is 13.2 Å². The first-order chi connectivity index (χ1) is 12.2. The van der Waals surface area contributed by atoms with Crippen molar-refractivity contribution < 1.29 is 39.5 Å². The number of rotatable bonds is 4. The number of sulfonamides is 1. The molecule has 0 bridgehead atoms. The molecular weight excluding hydrogens is 424 g/mol. The first-order valence-corrected chi connectivity index (χ1v) is 8.76. The number of anilines is 1. The standard InChI is InChI=1S/C15H10ClF6NO3S/c1-26-13-3-2-11(7-12(13)16)27(24,25)23-10-5-8(14(17,18)19)4-9(6-10)15(20,21)22/h2-7,23H,1H3. The third-order valence-electron chi connectivity index (χ3n) is 3.27. The van der Waals surface area contributed by atoms with E-state index in [4.69, 9.17) is 16.3 Å². The molecule has 2 rings (SSSR count). The van der Waals surface area contributed by atoms with E-state index in [1.807, 2.05) is 0 Å². The van der Waals surface area contributed by atoms with Gasteiger partial charge in [0.1, 0.15) is 5.75 Å². The summed E-state index contributed by atoms with van der Waals surface area (Å²) in [6.07, 6.45) is -10.2. The second-order valence-electron chi connectivity index (χ2n) is 5.20. The number of halogens is 7. The van der Waals surface area contributed by atoms with E-state index in [1.54, 1.807) is 4.72 Å². The average Bonchev–Trinajstić information content (AvgIpc) is 2.52. The Bertz CT molecular complexity index is 925. The number of nitrogens with one attached hydrogen (secondary N) is 1. The van der Waals surface area contributed by atoms with Gasteiger partial charge in [0.2, 0.25) is 0 Å². The molecule has 0 amide bonds. The highest BCUT2D eigenvalue weighted by Crippen LogP contribution is 2.38. The number of hydrogen-bond acceptors (Lipinski definition) is 3. The summed E-state index contributed by atoms with van der Waals surface area (Å²) < 4.78 is 108. The van der Waals surface area contributed by atoms with Crippen LogP contribution in [-0.4, -0.2) is 15.5 Å². The van der Waals surface area contributed by atoms with Crippen LogP contribution in [0.2, 0.25) is 5.02 Å². The summed E-state index contributed by atoms with van der Waals surface area (Å²) in [4.78, 5) is -0.473. The third kappa shape index (κ3) is 4.98. The number of ether oxygens (including phenoxy) is 1. The fraction of sp³-hybridized carbons (Fsp3) is 0.200. The minimum absolute atomic E-state index is 0.109. The lowest BCUT2D eigenvalue weighted by atomic mass is 10.1. The van der Waals surface area contributed by atoms with Gasteiger partial charge in [-0.15, -0.1) is 0 Å². The fourth-order valence-corrected chi connectivity index (χ4v) is 3.43. The normalized spacial score (nSPS) is 12.7. The minimum atomic E-state index is -5.11. The molecule has 0 saturated carbocycles. The molecule has 27 heavy (non-hydrogen) atoms. The highest BCUT2D eigenvalue weighted by atomic mass is 35.5. The molecule has 2 aromatic rings. The van der Waals surface area contributed by atoms with Crippen LogP contribution in [-0.2, 0) is 22.4 Å². The van der Waals surface area contributed by atoms with Crippen molar-refractivity contribution in [3.63, 3.8) is 0 Å². The fourth-order valence-electron chi connectivity index (χ4n) is 2.04. The topological polar surface area (TPSA) is 55.4 Å². The quantitative estimate of drug-likeness (QED) is 0.675. The van der Waals surface area contributed by atoms with Crippen molar-refractivity contribution in [1.82, 2.24) is 0 Å². The monoisotopic (exact) mass is 433 g/mol. The second-order valence-corrected chi connectivity index (χ2v) is 7.29. The number of methoxy groups -OCH3 is 1. The Morgan fingerprint density at radius 1 is 0.926 bits per heavy atom. The smallest absolute Gasteiger partial charge is 0.416 e. The Labute approximate surface area is 154 Å². The molecule has 0 saturated heterocycles. The molecule has 148 valence electrons. The largest absolute Gasteiger partial charge is 0.495 e. The van der Waals surface area contributed by atoms with Crippen LogP contribution in [0.3, 0.4) is 0 Å². The number of hydrogen-bond donors (Lipinski definition) is 1. The molecular formula is C15H10ClF6NO3S. The van der Waals surface area contributed by atoms with Crippen molar-refractivity contribution in [2.45, 2.75) is 17.2 Å². The van der Waals surface area contributed by atoms with Gasteiger partial charge in [-0.3, -0.25) is 4.72 Å². The van der Waals surface area contributed by atoms with Crippen molar-refractivity contribution in [3.8, 4) is 5.75 Å². The van der Waals surface area contributed by atoms with Crippen LogP contribution in [0.25, 0.3) is 0 Å². The summed E-state index contributed by atoms with van der Waals surface area (Å²) in [6, 6.07) is 3.58. The van der Waals surface area contributed by atoms with E-state index in [-0.39, 0.29) is 29.0 Å². The average molecular weight is 434 g/mol. The molecule has 0 aliphatic heterocycles. The van der Waals surface area contributed by atoms with Gasteiger partial charge in [0.25, 0.3) is 10.0 Å². The molecule has 0 fully saturated rings. The van der Waals surface area contributed by atoms with E-state index in [0.29, 0.717) is 0 Å². The number of benzene rings is 2.